The second kappa shape index (κ2) is 10.7. The molecule has 0 nitrogen and oxygen atoms in total. The Morgan fingerprint density at radius 2 is 0.692 bits per heavy atom. The molecule has 0 bridgehead atoms. The number of halogens is 6. The summed E-state index contributed by atoms with van der Waals surface area (Å²) in [4.78, 5) is 0. The van der Waals surface area contributed by atoms with Crippen molar-refractivity contribution in [2.24, 2.45) is 0 Å². The predicted molar refractivity (Wildman–Crippen MR) is 103 cm³/mol. The molecule has 0 aliphatic carbocycles. The van der Waals surface area contributed by atoms with Crippen molar-refractivity contribution >= 4 is 51.4 Å². The number of rotatable bonds is 3. The maximum absolute atomic E-state index is 13.2. The van der Waals surface area contributed by atoms with Crippen LogP contribution in [0.25, 0.3) is 0 Å². The Bertz CT molecular complexity index is 702. The predicted octanol–water partition coefficient (Wildman–Crippen LogP) is 5.93. The Morgan fingerprint density at radius 1 is 0.500 bits per heavy atom. The van der Waals surface area contributed by atoms with Crippen molar-refractivity contribution in [1.29, 1.82) is 0 Å². The van der Waals surface area contributed by atoms with Gasteiger partial charge in [-0.25, -0.2) is 13.2 Å². The van der Waals surface area contributed by atoms with Gasteiger partial charge in [0, 0.05) is 0 Å². The Morgan fingerprint density at radius 3 is 0.885 bits per heavy atom. The first kappa shape index (κ1) is 21.8. The minimum atomic E-state index is -1.79. The molecule has 26 heavy (non-hydrogen) atoms. The average Bonchev–Trinajstić information content (AvgIpc) is 2.60. The molecule has 0 saturated carbocycles. The van der Waals surface area contributed by atoms with E-state index in [1.807, 2.05) is 0 Å². The molecule has 0 radical (unpaired) electrons. The van der Waals surface area contributed by atoms with Crippen molar-refractivity contribution in [3.05, 3.63) is 90.2 Å². The zero-order valence-corrected chi connectivity index (χ0v) is 18.3. The summed E-state index contributed by atoms with van der Waals surface area (Å²) in [5, 5.41) is 2.78. The average molecular weight is 620 g/mol. The standard InChI is InChI=1S/C18H12F3P.Au.3ClH/c19-13-1-7-16(8-2-13)22(17-9-3-14(20)4-10-17)18-11-5-15(21)6-12-18;;;;/h1-12H;;3*1H/q;+3;;;/p-3. The SMILES string of the molecule is Fc1ccc(P(c2ccc(F)cc2)c2ccc(F)cc2)cc1.[Cl][Au]([Cl])[Cl]. The van der Waals surface area contributed by atoms with Crippen LogP contribution < -0.4 is 15.9 Å². The van der Waals surface area contributed by atoms with Crippen LogP contribution in [0.5, 0.6) is 0 Å². The first-order chi connectivity index (χ1) is 12.4. The van der Waals surface area contributed by atoms with E-state index in [0.29, 0.717) is 0 Å². The monoisotopic (exact) mass is 618 g/mol. The van der Waals surface area contributed by atoms with Crippen LogP contribution in [0.2, 0.25) is 0 Å². The molecule has 0 unspecified atom stereocenters. The van der Waals surface area contributed by atoms with Crippen LogP contribution in [0.15, 0.2) is 72.8 Å². The molecule has 0 amide bonds. The van der Waals surface area contributed by atoms with Crippen LogP contribution in [0.1, 0.15) is 0 Å². The Balaban J connectivity index is 0.000000552. The fourth-order valence-electron chi connectivity index (χ4n) is 2.22. The zero-order chi connectivity index (χ0) is 19.1. The van der Waals surface area contributed by atoms with E-state index in [1.165, 1.54) is 36.4 Å². The summed E-state index contributed by atoms with van der Waals surface area (Å²) in [6, 6.07) is 18.7. The van der Waals surface area contributed by atoms with Gasteiger partial charge in [-0.15, -0.1) is 0 Å². The van der Waals surface area contributed by atoms with Crippen LogP contribution in [0.4, 0.5) is 13.2 Å². The molecule has 3 rings (SSSR count). The van der Waals surface area contributed by atoms with Gasteiger partial charge in [0.2, 0.25) is 0 Å². The van der Waals surface area contributed by atoms with E-state index < -0.39 is 23.1 Å². The molecule has 0 spiro atoms. The molecule has 0 aromatic heterocycles. The van der Waals surface area contributed by atoms with Crippen molar-refractivity contribution in [3.63, 3.8) is 0 Å². The number of hydrogen-bond acceptors (Lipinski definition) is 0. The first-order valence-corrected chi connectivity index (χ1v) is 16.4. The van der Waals surface area contributed by atoms with Crippen LogP contribution in [0.3, 0.4) is 0 Å². The quantitative estimate of drug-likeness (QED) is 0.252. The van der Waals surface area contributed by atoms with Gasteiger partial charge in [0.15, 0.2) is 0 Å². The first-order valence-electron chi connectivity index (χ1n) is 7.04. The van der Waals surface area contributed by atoms with Gasteiger partial charge < -0.3 is 0 Å². The molecule has 8 heteroatoms. The summed E-state index contributed by atoms with van der Waals surface area (Å²) >= 11 is -1.79. The van der Waals surface area contributed by atoms with Gasteiger partial charge in [-0.05, 0) is 60.2 Å². The second-order valence-corrected chi connectivity index (χ2v) is 16.5. The van der Waals surface area contributed by atoms with Gasteiger partial charge in [0.1, 0.15) is 17.5 Å². The molecule has 0 saturated heterocycles. The molecule has 0 atom stereocenters. The second-order valence-electron chi connectivity index (χ2n) is 4.89. The Kier molecular flexibility index (Phi) is 8.99. The van der Waals surface area contributed by atoms with Crippen molar-refractivity contribution < 1.29 is 28.4 Å². The van der Waals surface area contributed by atoms with Crippen LogP contribution in [0, 0.1) is 17.5 Å². The fourth-order valence-corrected chi connectivity index (χ4v) is 4.45. The summed E-state index contributed by atoms with van der Waals surface area (Å²) in [6.45, 7) is 0. The van der Waals surface area contributed by atoms with Crippen molar-refractivity contribution in [2.45, 2.75) is 0 Å². The molecular formula is C18H12AuCl3F3P. The molecule has 0 heterocycles. The Hall–Kier alpha value is -0.510. The van der Waals surface area contributed by atoms with Crippen LogP contribution >= 0.6 is 35.5 Å². The number of hydrogen-bond donors (Lipinski definition) is 0. The summed E-state index contributed by atoms with van der Waals surface area (Å²) in [5.41, 5.74) is 0. The minimum absolute atomic E-state index is 0.308. The van der Waals surface area contributed by atoms with Gasteiger partial charge in [-0.2, -0.15) is 0 Å². The third kappa shape index (κ3) is 6.90. The van der Waals surface area contributed by atoms with E-state index in [9.17, 15) is 13.2 Å². The van der Waals surface area contributed by atoms with E-state index >= 15 is 0 Å². The van der Waals surface area contributed by atoms with Crippen molar-refractivity contribution in [3.8, 4) is 0 Å². The molecule has 0 aliphatic rings. The summed E-state index contributed by atoms with van der Waals surface area (Å²) < 4.78 is 39.5. The topological polar surface area (TPSA) is 0 Å². The molecule has 0 aliphatic heterocycles. The summed E-state index contributed by atoms with van der Waals surface area (Å²) in [7, 11) is 13.9. The van der Waals surface area contributed by atoms with E-state index in [-0.39, 0.29) is 17.5 Å². The van der Waals surface area contributed by atoms with Crippen LogP contribution in [-0.2, 0) is 15.2 Å². The number of benzene rings is 3. The van der Waals surface area contributed by atoms with Gasteiger partial charge in [-0.1, -0.05) is 36.4 Å². The van der Waals surface area contributed by atoms with Gasteiger partial charge in [0.25, 0.3) is 0 Å². The van der Waals surface area contributed by atoms with Gasteiger partial charge in [0.05, 0.1) is 0 Å². The van der Waals surface area contributed by atoms with Crippen molar-refractivity contribution in [1.82, 2.24) is 0 Å². The van der Waals surface area contributed by atoms with Crippen molar-refractivity contribution in [2.75, 3.05) is 0 Å². The molecule has 0 N–H and O–H groups in total. The molecule has 3 aromatic rings. The molecule has 142 valence electrons. The third-order valence-corrected chi connectivity index (χ3v) is 5.70. The normalized spacial score (nSPS) is 11.0. The molecule has 3 aromatic carbocycles. The van der Waals surface area contributed by atoms with E-state index in [1.54, 1.807) is 36.4 Å². The molecule has 0 fully saturated rings. The van der Waals surface area contributed by atoms with E-state index in [2.05, 4.69) is 0 Å². The fraction of sp³-hybridized carbons (Fsp3) is 0. The maximum atomic E-state index is 13.2. The Labute approximate surface area is 169 Å². The van der Waals surface area contributed by atoms with E-state index in [4.69, 9.17) is 27.6 Å². The van der Waals surface area contributed by atoms with Gasteiger partial charge in [-0.3, -0.25) is 0 Å². The summed E-state index contributed by atoms with van der Waals surface area (Å²) in [6.07, 6.45) is 0. The third-order valence-electron chi connectivity index (χ3n) is 3.25. The van der Waals surface area contributed by atoms with Gasteiger partial charge >= 0.3 is 42.8 Å². The van der Waals surface area contributed by atoms with E-state index in [0.717, 1.165) is 15.9 Å². The zero-order valence-electron chi connectivity index (χ0n) is 12.9. The summed E-state index contributed by atoms with van der Waals surface area (Å²) in [5.74, 6) is -0.925. The van der Waals surface area contributed by atoms with Crippen LogP contribution in [-0.4, -0.2) is 0 Å². The molecular weight excluding hydrogens is 607 g/mol.